The molecule has 4 N–H and O–H groups in total. The van der Waals surface area contributed by atoms with Crippen LogP contribution in [0, 0.1) is 0 Å². The van der Waals surface area contributed by atoms with E-state index < -0.39 is 12.7 Å². The van der Waals surface area contributed by atoms with Crippen molar-refractivity contribution in [1.82, 2.24) is 24.4 Å². The number of imidazole rings is 1. The second-order valence-electron chi connectivity index (χ2n) is 9.03. The van der Waals surface area contributed by atoms with Gasteiger partial charge in [-0.05, 0) is 57.5 Å². The van der Waals surface area contributed by atoms with E-state index in [4.69, 9.17) is 16.3 Å². The topological polar surface area (TPSA) is 116 Å². The fourth-order valence-electron chi connectivity index (χ4n) is 4.71. The van der Waals surface area contributed by atoms with Gasteiger partial charge in [-0.15, -0.1) is 0 Å². The zero-order valence-corrected chi connectivity index (χ0v) is 21.0. The van der Waals surface area contributed by atoms with Gasteiger partial charge in [-0.3, -0.25) is 14.3 Å². The molecule has 0 aliphatic carbocycles. The summed E-state index contributed by atoms with van der Waals surface area (Å²) in [4.78, 5) is 22.3. The average Bonchev–Trinajstić information content (AvgIpc) is 3.51. The summed E-state index contributed by atoms with van der Waals surface area (Å²) in [5.41, 5.74) is 9.08. The number of halogens is 2. The normalized spacial score (nSPS) is 19.2. The van der Waals surface area contributed by atoms with Crippen LogP contribution >= 0.6 is 0 Å². The fraction of sp³-hybridized carbons (Fsp3) is 0.346. The van der Waals surface area contributed by atoms with Crippen LogP contribution in [0.25, 0.3) is 16.7 Å². The second-order valence-corrected chi connectivity index (χ2v) is 9.03. The Hall–Kier alpha value is -3.99. The molecule has 3 unspecified atom stereocenters. The van der Waals surface area contributed by atoms with Gasteiger partial charge in [0.25, 0.3) is 0 Å². The molecule has 0 bridgehead atoms. The van der Waals surface area contributed by atoms with Crippen molar-refractivity contribution in [3.63, 3.8) is 0 Å². The van der Waals surface area contributed by atoms with E-state index >= 15 is 0 Å². The maximum Gasteiger partial charge on any atom is 0.320 e. The van der Waals surface area contributed by atoms with E-state index in [1.54, 1.807) is 54.2 Å². The molecule has 37 heavy (non-hydrogen) atoms. The first-order valence-electron chi connectivity index (χ1n) is 11.9. The molecular weight excluding hydrogens is 480 g/mol. The number of fused-ring (bicyclic) bond motifs is 1. The van der Waals surface area contributed by atoms with Gasteiger partial charge in [0, 0.05) is 24.0 Å². The third kappa shape index (κ3) is 4.99. The minimum atomic E-state index is -2.80. The molecule has 4 rings (SSSR count). The summed E-state index contributed by atoms with van der Waals surface area (Å²) in [6.07, 6.45) is 4.14. The minimum Gasteiger partial charge on any atom is -0.482 e. The third-order valence-electron chi connectivity index (χ3n) is 6.87. The monoisotopic (exact) mass is 511 g/mol. The van der Waals surface area contributed by atoms with Crippen LogP contribution < -0.4 is 16.3 Å². The smallest absolute Gasteiger partial charge is 0.320 e. The van der Waals surface area contributed by atoms with Crippen LogP contribution in [0.4, 0.5) is 8.78 Å². The molecule has 1 fully saturated rings. The second kappa shape index (κ2) is 10.6. The van der Waals surface area contributed by atoms with Gasteiger partial charge in [-0.2, -0.15) is 8.78 Å². The average molecular weight is 512 g/mol. The first-order chi connectivity index (χ1) is 17.6. The van der Waals surface area contributed by atoms with Gasteiger partial charge in [0.2, 0.25) is 5.91 Å². The summed E-state index contributed by atoms with van der Waals surface area (Å²) in [6, 6.07) is 8.33. The number of hydrazine groups is 1. The molecule has 0 radical (unpaired) electrons. The first kappa shape index (κ1) is 26.1. The Morgan fingerprint density at radius 1 is 1.32 bits per heavy atom. The lowest BCUT2D eigenvalue weighted by atomic mass is 10.1. The molecule has 9 nitrogen and oxygen atoms in total. The number of hydrogen-bond donors (Lipinski definition) is 2. The number of aromatic nitrogens is 3. The number of pyridine rings is 1. The van der Waals surface area contributed by atoms with Crippen molar-refractivity contribution in [2.75, 3.05) is 6.54 Å². The molecule has 3 aromatic rings. The highest BCUT2D eigenvalue weighted by atomic mass is 19.3. The Labute approximate surface area is 214 Å². The summed E-state index contributed by atoms with van der Waals surface area (Å²) in [5.74, 6) is 6.52. The van der Waals surface area contributed by atoms with Crippen LogP contribution in [0.3, 0.4) is 0 Å². The standard InChI is InChI=1S/C26H31F2N7O2/c1-5-23(36)33-11-9-21(15(33)2)35(30)16(3)24(29)18-12-20-25(34(14-32-20)26(27)28)22(13-18)37-17(4)19-8-6-7-10-31-19/h5-8,10,12-15,17,21,26H,1,9,11,29-30H2,2-4H3/b24-16-. The van der Waals surface area contributed by atoms with Crippen molar-refractivity contribution in [2.45, 2.75) is 51.9 Å². The van der Waals surface area contributed by atoms with E-state index in [0.29, 0.717) is 41.1 Å². The van der Waals surface area contributed by atoms with Crippen LogP contribution in [0.5, 0.6) is 5.75 Å². The molecule has 0 spiro atoms. The maximum atomic E-state index is 13.8. The molecule has 3 atom stereocenters. The van der Waals surface area contributed by atoms with Crippen molar-refractivity contribution in [3.05, 3.63) is 72.5 Å². The largest absolute Gasteiger partial charge is 0.482 e. The highest BCUT2D eigenvalue weighted by molar-refractivity contribution is 5.88. The molecule has 196 valence electrons. The van der Waals surface area contributed by atoms with Crippen molar-refractivity contribution in [2.24, 2.45) is 11.6 Å². The number of alkyl halides is 2. The molecular formula is C26H31F2N7O2. The predicted octanol–water partition coefficient (Wildman–Crippen LogP) is 3.96. The number of ether oxygens (including phenoxy) is 1. The first-order valence-corrected chi connectivity index (χ1v) is 11.9. The summed E-state index contributed by atoms with van der Waals surface area (Å²) in [7, 11) is 0. The fourth-order valence-corrected chi connectivity index (χ4v) is 4.71. The molecule has 0 saturated carbocycles. The Balaban J connectivity index is 1.72. The van der Waals surface area contributed by atoms with Gasteiger partial charge >= 0.3 is 6.55 Å². The molecule has 11 heteroatoms. The minimum absolute atomic E-state index is 0.151. The van der Waals surface area contributed by atoms with Gasteiger partial charge in [0.05, 0.1) is 29.0 Å². The predicted molar refractivity (Wildman–Crippen MR) is 137 cm³/mol. The Morgan fingerprint density at radius 2 is 2.08 bits per heavy atom. The number of allylic oxidation sites excluding steroid dienone is 1. The van der Waals surface area contributed by atoms with Crippen LogP contribution in [-0.2, 0) is 4.79 Å². The van der Waals surface area contributed by atoms with E-state index in [9.17, 15) is 13.6 Å². The van der Waals surface area contributed by atoms with E-state index in [0.717, 1.165) is 10.9 Å². The van der Waals surface area contributed by atoms with Gasteiger partial charge in [-0.25, -0.2) is 10.8 Å². The highest BCUT2D eigenvalue weighted by Gasteiger charge is 2.36. The maximum absolute atomic E-state index is 13.8. The summed E-state index contributed by atoms with van der Waals surface area (Å²) < 4.78 is 34.4. The van der Waals surface area contributed by atoms with Gasteiger partial charge in [0.15, 0.2) is 0 Å². The van der Waals surface area contributed by atoms with Gasteiger partial charge in [-0.1, -0.05) is 12.6 Å². The number of carbonyl (C=O) groups excluding carboxylic acids is 1. The number of carbonyl (C=O) groups is 1. The quantitative estimate of drug-likeness (QED) is 0.267. The summed E-state index contributed by atoms with van der Waals surface area (Å²) in [6.45, 7) is 6.80. The van der Waals surface area contributed by atoms with E-state index in [-0.39, 0.29) is 29.3 Å². The number of rotatable bonds is 8. The lowest BCUT2D eigenvalue weighted by molar-refractivity contribution is -0.126. The number of nitrogens with zero attached hydrogens (tertiary/aromatic N) is 5. The zero-order valence-electron chi connectivity index (χ0n) is 21.0. The van der Waals surface area contributed by atoms with Crippen LogP contribution in [0.15, 0.2) is 61.2 Å². The van der Waals surface area contributed by atoms with Crippen LogP contribution in [-0.4, -0.2) is 49.0 Å². The van der Waals surface area contributed by atoms with Gasteiger partial charge in [0.1, 0.15) is 23.7 Å². The number of amides is 1. The number of hydrogen-bond acceptors (Lipinski definition) is 7. The molecule has 1 aliphatic heterocycles. The number of likely N-dealkylation sites (tertiary alicyclic amines) is 1. The lowest BCUT2D eigenvalue weighted by Crippen LogP contribution is -2.47. The highest BCUT2D eigenvalue weighted by Crippen LogP contribution is 2.35. The van der Waals surface area contributed by atoms with Gasteiger partial charge < -0.3 is 20.4 Å². The van der Waals surface area contributed by atoms with Crippen molar-refractivity contribution >= 4 is 22.6 Å². The van der Waals surface area contributed by atoms with E-state index in [1.807, 2.05) is 13.0 Å². The van der Waals surface area contributed by atoms with Crippen molar-refractivity contribution in [1.29, 1.82) is 0 Å². The zero-order chi connectivity index (χ0) is 26.9. The number of nitrogens with two attached hydrogens (primary N) is 2. The molecule has 1 aromatic carbocycles. The van der Waals surface area contributed by atoms with Crippen LogP contribution in [0.2, 0.25) is 0 Å². The summed E-state index contributed by atoms with van der Waals surface area (Å²) >= 11 is 0. The van der Waals surface area contributed by atoms with E-state index in [1.165, 1.54) is 6.08 Å². The third-order valence-corrected chi connectivity index (χ3v) is 6.87. The Morgan fingerprint density at radius 3 is 2.73 bits per heavy atom. The van der Waals surface area contributed by atoms with Crippen molar-refractivity contribution in [3.8, 4) is 5.75 Å². The summed E-state index contributed by atoms with van der Waals surface area (Å²) in [5, 5.41) is 1.56. The molecule has 2 aromatic heterocycles. The molecule has 1 aliphatic rings. The number of benzene rings is 1. The van der Waals surface area contributed by atoms with E-state index in [2.05, 4.69) is 16.5 Å². The Bertz CT molecular complexity index is 1330. The molecule has 1 saturated heterocycles. The molecule has 1 amide bonds. The van der Waals surface area contributed by atoms with Crippen molar-refractivity contribution < 1.29 is 18.3 Å². The Kier molecular flexibility index (Phi) is 7.44. The lowest BCUT2D eigenvalue weighted by Gasteiger charge is -2.32. The molecule has 3 heterocycles. The SMILES string of the molecule is C=CC(=O)N1CCC(N(N)/C(C)=C(\N)c2cc(OC(C)c3ccccn3)c3c(c2)ncn3C(F)F)C1C. The van der Waals surface area contributed by atoms with Crippen LogP contribution in [0.1, 0.15) is 51.1 Å².